The lowest BCUT2D eigenvalue weighted by atomic mass is 10.2. The first kappa shape index (κ1) is 19.0. The molecule has 1 aliphatic heterocycles. The Bertz CT molecular complexity index is 979. The van der Waals surface area contributed by atoms with E-state index in [4.69, 9.17) is 9.15 Å². The van der Waals surface area contributed by atoms with Gasteiger partial charge in [-0.2, -0.15) is 0 Å². The van der Waals surface area contributed by atoms with Gasteiger partial charge in [-0.25, -0.2) is 0 Å². The second-order valence-electron chi connectivity index (χ2n) is 7.04. The summed E-state index contributed by atoms with van der Waals surface area (Å²) in [5.41, 5.74) is 2.63. The summed E-state index contributed by atoms with van der Waals surface area (Å²) < 4.78 is 11.2. The second kappa shape index (κ2) is 8.36. The Balaban J connectivity index is 1.51. The number of likely N-dealkylation sites (N-methyl/N-ethyl adjacent to an activating group) is 1. The third-order valence-electron chi connectivity index (χ3n) is 5.06. The molecule has 4 rings (SSSR count). The number of benzene rings is 1. The number of piperazine rings is 1. The molecule has 7 heteroatoms. The van der Waals surface area contributed by atoms with Crippen molar-refractivity contribution in [3.8, 4) is 17.1 Å². The van der Waals surface area contributed by atoms with E-state index in [-0.39, 0.29) is 11.7 Å². The third-order valence-corrected chi connectivity index (χ3v) is 5.06. The van der Waals surface area contributed by atoms with E-state index in [0.29, 0.717) is 11.5 Å². The van der Waals surface area contributed by atoms with Gasteiger partial charge in [0.25, 0.3) is 5.91 Å². The number of amides is 1. The standard InChI is InChI=1S/C22H24N4O3/c1-25-10-12-26(13-11-25)18-5-3-4-17(14-18)24-22(27)20-15-19(28-2)21(29-20)16-6-8-23-9-7-16/h3-9,14-15H,10-13H2,1-2H3,(H,24,27). The molecule has 0 saturated carbocycles. The average Bonchev–Trinajstić information content (AvgIpc) is 3.20. The first-order valence-electron chi connectivity index (χ1n) is 9.57. The molecule has 150 valence electrons. The zero-order chi connectivity index (χ0) is 20.2. The first-order valence-corrected chi connectivity index (χ1v) is 9.57. The molecule has 0 bridgehead atoms. The quantitative estimate of drug-likeness (QED) is 0.718. The van der Waals surface area contributed by atoms with Gasteiger partial charge in [-0.1, -0.05) is 6.07 Å². The van der Waals surface area contributed by atoms with E-state index in [9.17, 15) is 4.79 Å². The summed E-state index contributed by atoms with van der Waals surface area (Å²) >= 11 is 0. The molecule has 0 spiro atoms. The normalized spacial score (nSPS) is 14.6. The highest BCUT2D eigenvalue weighted by atomic mass is 16.5. The number of pyridine rings is 1. The van der Waals surface area contributed by atoms with Gasteiger partial charge in [0.15, 0.2) is 17.3 Å². The number of hydrogen-bond donors (Lipinski definition) is 1. The van der Waals surface area contributed by atoms with Crippen molar-refractivity contribution in [2.24, 2.45) is 0 Å². The van der Waals surface area contributed by atoms with Gasteiger partial charge in [-0.3, -0.25) is 9.78 Å². The van der Waals surface area contributed by atoms with Crippen LogP contribution in [0.5, 0.6) is 5.75 Å². The van der Waals surface area contributed by atoms with Crippen molar-refractivity contribution in [1.82, 2.24) is 9.88 Å². The zero-order valence-corrected chi connectivity index (χ0v) is 16.6. The van der Waals surface area contributed by atoms with E-state index in [2.05, 4.69) is 33.2 Å². The van der Waals surface area contributed by atoms with Crippen LogP contribution in [0.4, 0.5) is 11.4 Å². The number of hydrogen-bond acceptors (Lipinski definition) is 6. The van der Waals surface area contributed by atoms with Gasteiger partial charge in [-0.15, -0.1) is 0 Å². The van der Waals surface area contributed by atoms with Crippen molar-refractivity contribution in [3.63, 3.8) is 0 Å². The van der Waals surface area contributed by atoms with Gasteiger partial charge in [0.2, 0.25) is 0 Å². The highest BCUT2D eigenvalue weighted by molar-refractivity contribution is 6.03. The monoisotopic (exact) mass is 392 g/mol. The maximum absolute atomic E-state index is 12.8. The van der Waals surface area contributed by atoms with Crippen LogP contribution in [0.25, 0.3) is 11.3 Å². The zero-order valence-electron chi connectivity index (χ0n) is 16.6. The van der Waals surface area contributed by atoms with E-state index in [0.717, 1.165) is 43.1 Å². The van der Waals surface area contributed by atoms with Crippen molar-refractivity contribution >= 4 is 17.3 Å². The third kappa shape index (κ3) is 4.25. The molecule has 1 aromatic carbocycles. The summed E-state index contributed by atoms with van der Waals surface area (Å²) in [5, 5.41) is 2.92. The number of aromatic nitrogens is 1. The fourth-order valence-electron chi connectivity index (χ4n) is 3.38. The number of ether oxygens (including phenoxy) is 1. The maximum Gasteiger partial charge on any atom is 0.291 e. The molecule has 1 fully saturated rings. The van der Waals surface area contributed by atoms with E-state index < -0.39 is 0 Å². The summed E-state index contributed by atoms with van der Waals surface area (Å²) in [7, 11) is 3.68. The molecule has 3 heterocycles. The first-order chi connectivity index (χ1) is 14.1. The number of nitrogens with one attached hydrogen (secondary N) is 1. The predicted octanol–water partition coefficient (Wildman–Crippen LogP) is 3.35. The highest BCUT2D eigenvalue weighted by Gasteiger charge is 2.20. The molecule has 0 radical (unpaired) electrons. The van der Waals surface area contributed by atoms with Gasteiger partial charge in [0, 0.05) is 61.6 Å². The summed E-state index contributed by atoms with van der Waals surface area (Å²) in [6.45, 7) is 4.00. The number of methoxy groups -OCH3 is 1. The lowest BCUT2D eigenvalue weighted by Crippen LogP contribution is -2.44. The Labute approximate surface area is 169 Å². The number of furan rings is 1. The van der Waals surface area contributed by atoms with Crippen LogP contribution in [-0.4, -0.2) is 56.1 Å². The lowest BCUT2D eigenvalue weighted by Gasteiger charge is -2.34. The van der Waals surface area contributed by atoms with Crippen molar-refractivity contribution < 1.29 is 13.9 Å². The van der Waals surface area contributed by atoms with E-state index in [1.54, 1.807) is 25.6 Å². The van der Waals surface area contributed by atoms with E-state index in [1.807, 2.05) is 30.3 Å². The molecule has 3 aromatic rings. The summed E-state index contributed by atoms with van der Waals surface area (Å²) in [6, 6.07) is 13.1. The minimum atomic E-state index is -0.320. The number of carbonyl (C=O) groups is 1. The number of carbonyl (C=O) groups excluding carboxylic acids is 1. The van der Waals surface area contributed by atoms with Crippen LogP contribution in [0.15, 0.2) is 59.3 Å². The molecule has 1 N–H and O–H groups in total. The molecule has 0 aliphatic carbocycles. The number of anilines is 2. The van der Waals surface area contributed by atoms with Gasteiger partial charge in [0.1, 0.15) is 0 Å². The summed E-state index contributed by atoms with van der Waals surface area (Å²) in [4.78, 5) is 21.4. The molecule has 1 saturated heterocycles. The minimum Gasteiger partial charge on any atom is -0.493 e. The van der Waals surface area contributed by atoms with Gasteiger partial charge in [-0.05, 0) is 37.4 Å². The van der Waals surface area contributed by atoms with Crippen LogP contribution in [0.1, 0.15) is 10.6 Å². The Morgan fingerprint density at radius 3 is 2.59 bits per heavy atom. The Hall–Kier alpha value is -3.32. The molecule has 0 unspecified atom stereocenters. The Morgan fingerprint density at radius 1 is 1.10 bits per heavy atom. The number of nitrogens with zero attached hydrogens (tertiary/aromatic N) is 3. The number of rotatable bonds is 5. The summed E-state index contributed by atoms with van der Waals surface area (Å²) in [5.74, 6) is 0.886. The second-order valence-corrected chi connectivity index (χ2v) is 7.04. The van der Waals surface area contributed by atoms with Crippen LogP contribution < -0.4 is 15.0 Å². The van der Waals surface area contributed by atoms with Crippen molar-refractivity contribution in [2.75, 3.05) is 50.6 Å². The average molecular weight is 392 g/mol. The van der Waals surface area contributed by atoms with Crippen molar-refractivity contribution in [3.05, 3.63) is 60.6 Å². The predicted molar refractivity (Wildman–Crippen MR) is 113 cm³/mol. The molecular formula is C22H24N4O3. The van der Waals surface area contributed by atoms with Crippen LogP contribution >= 0.6 is 0 Å². The molecule has 29 heavy (non-hydrogen) atoms. The van der Waals surface area contributed by atoms with Gasteiger partial charge >= 0.3 is 0 Å². The fraction of sp³-hybridized carbons (Fsp3) is 0.273. The lowest BCUT2D eigenvalue weighted by molar-refractivity contribution is 0.0997. The largest absolute Gasteiger partial charge is 0.493 e. The summed E-state index contributed by atoms with van der Waals surface area (Å²) in [6.07, 6.45) is 3.34. The molecule has 1 amide bonds. The van der Waals surface area contributed by atoms with Crippen molar-refractivity contribution in [1.29, 1.82) is 0 Å². The topological polar surface area (TPSA) is 70.8 Å². The van der Waals surface area contributed by atoms with Gasteiger partial charge < -0.3 is 24.3 Å². The smallest absolute Gasteiger partial charge is 0.291 e. The van der Waals surface area contributed by atoms with Crippen LogP contribution in [-0.2, 0) is 0 Å². The van der Waals surface area contributed by atoms with E-state index >= 15 is 0 Å². The Morgan fingerprint density at radius 2 is 1.86 bits per heavy atom. The molecule has 7 nitrogen and oxygen atoms in total. The fourth-order valence-corrected chi connectivity index (χ4v) is 3.38. The molecule has 2 aromatic heterocycles. The molecule has 0 atom stereocenters. The van der Waals surface area contributed by atoms with Gasteiger partial charge in [0.05, 0.1) is 7.11 Å². The van der Waals surface area contributed by atoms with Crippen LogP contribution in [0.3, 0.4) is 0 Å². The van der Waals surface area contributed by atoms with Crippen molar-refractivity contribution in [2.45, 2.75) is 0 Å². The molecule has 1 aliphatic rings. The maximum atomic E-state index is 12.8. The van der Waals surface area contributed by atoms with Crippen LogP contribution in [0, 0.1) is 0 Å². The minimum absolute atomic E-state index is 0.193. The van der Waals surface area contributed by atoms with Crippen LogP contribution in [0.2, 0.25) is 0 Å². The van der Waals surface area contributed by atoms with E-state index in [1.165, 1.54) is 0 Å². The Kier molecular flexibility index (Phi) is 5.48. The molecular weight excluding hydrogens is 368 g/mol. The highest BCUT2D eigenvalue weighted by Crippen LogP contribution is 2.33. The SMILES string of the molecule is COc1cc(C(=O)Nc2cccc(N3CCN(C)CC3)c2)oc1-c1ccncc1.